The van der Waals surface area contributed by atoms with Crippen LogP contribution in [0, 0.1) is 0 Å². The van der Waals surface area contributed by atoms with Crippen molar-refractivity contribution >= 4 is 5.69 Å². The number of benzene rings is 2. The summed E-state index contributed by atoms with van der Waals surface area (Å²) in [5.74, 6) is 1.58. The van der Waals surface area contributed by atoms with Crippen molar-refractivity contribution in [3.63, 3.8) is 0 Å². The standard InChI is InChI=1S/C28H34N2O2/c1-29(20-17-22-13-16-27(31-2)28(21-22)32-3)18-8-19-30-25-11-6-4-9-23(25)14-15-24-10-5-7-12-26(24)30/h4-7,9,11-13,15-16,21H,8,10,14,17-20H2,1-3H3. The van der Waals surface area contributed by atoms with Crippen molar-refractivity contribution in [3.05, 3.63) is 89.2 Å². The number of methoxy groups -OCH3 is 2. The molecular weight excluding hydrogens is 396 g/mol. The molecule has 1 aliphatic heterocycles. The van der Waals surface area contributed by atoms with Crippen molar-refractivity contribution < 1.29 is 9.47 Å². The minimum absolute atomic E-state index is 0.780. The van der Waals surface area contributed by atoms with Gasteiger partial charge in [0.25, 0.3) is 0 Å². The van der Waals surface area contributed by atoms with Gasteiger partial charge in [-0.25, -0.2) is 0 Å². The van der Waals surface area contributed by atoms with E-state index in [0.717, 1.165) is 56.8 Å². The molecule has 2 aliphatic rings. The third-order valence-corrected chi connectivity index (χ3v) is 6.35. The van der Waals surface area contributed by atoms with Crippen molar-refractivity contribution in [2.75, 3.05) is 45.8 Å². The molecule has 0 atom stereocenters. The summed E-state index contributed by atoms with van der Waals surface area (Å²) in [5, 5.41) is 0. The number of nitrogens with zero attached hydrogens (tertiary/aromatic N) is 2. The van der Waals surface area contributed by atoms with Crippen LogP contribution in [0.5, 0.6) is 11.5 Å². The Bertz CT molecular complexity index is 1020. The minimum Gasteiger partial charge on any atom is -0.493 e. The molecule has 32 heavy (non-hydrogen) atoms. The minimum atomic E-state index is 0.780. The predicted octanol–water partition coefficient (Wildman–Crippen LogP) is 5.40. The Morgan fingerprint density at radius 2 is 1.81 bits per heavy atom. The molecule has 0 saturated carbocycles. The molecule has 0 saturated heterocycles. The molecule has 1 aliphatic carbocycles. The van der Waals surface area contributed by atoms with Crippen LogP contribution in [0.2, 0.25) is 0 Å². The number of allylic oxidation sites excluding steroid dienone is 5. The van der Waals surface area contributed by atoms with E-state index in [9.17, 15) is 0 Å². The van der Waals surface area contributed by atoms with Gasteiger partial charge in [0.1, 0.15) is 0 Å². The van der Waals surface area contributed by atoms with Gasteiger partial charge in [0.05, 0.1) is 14.2 Å². The van der Waals surface area contributed by atoms with Crippen LogP contribution in [0.25, 0.3) is 0 Å². The molecule has 2 aromatic carbocycles. The predicted molar refractivity (Wildman–Crippen MR) is 133 cm³/mol. The number of hydrogen-bond acceptors (Lipinski definition) is 4. The molecule has 2 aromatic rings. The normalized spacial score (nSPS) is 14.9. The fraction of sp³-hybridized carbons (Fsp3) is 0.357. The number of anilines is 1. The van der Waals surface area contributed by atoms with E-state index in [-0.39, 0.29) is 0 Å². The number of para-hydroxylation sites is 1. The van der Waals surface area contributed by atoms with E-state index in [0.29, 0.717) is 0 Å². The fourth-order valence-electron chi connectivity index (χ4n) is 4.53. The second-order valence-corrected chi connectivity index (χ2v) is 8.49. The largest absolute Gasteiger partial charge is 0.493 e. The first-order valence-electron chi connectivity index (χ1n) is 11.5. The van der Waals surface area contributed by atoms with Gasteiger partial charge in [-0.15, -0.1) is 0 Å². The average Bonchev–Trinajstić information content (AvgIpc) is 3.00. The Hall–Kier alpha value is -2.98. The fourth-order valence-corrected chi connectivity index (χ4v) is 4.53. The van der Waals surface area contributed by atoms with E-state index in [2.05, 4.69) is 77.5 Å². The van der Waals surface area contributed by atoms with E-state index in [1.54, 1.807) is 14.2 Å². The van der Waals surface area contributed by atoms with Crippen LogP contribution >= 0.6 is 0 Å². The lowest BCUT2D eigenvalue weighted by Crippen LogP contribution is -2.30. The van der Waals surface area contributed by atoms with E-state index in [4.69, 9.17) is 9.47 Å². The van der Waals surface area contributed by atoms with E-state index >= 15 is 0 Å². The Morgan fingerprint density at radius 1 is 0.969 bits per heavy atom. The maximum atomic E-state index is 5.44. The lowest BCUT2D eigenvalue weighted by Gasteiger charge is -2.30. The highest BCUT2D eigenvalue weighted by Gasteiger charge is 2.21. The van der Waals surface area contributed by atoms with Gasteiger partial charge in [-0.05, 0) is 80.3 Å². The van der Waals surface area contributed by atoms with Gasteiger partial charge >= 0.3 is 0 Å². The maximum Gasteiger partial charge on any atom is 0.160 e. The van der Waals surface area contributed by atoms with Crippen LogP contribution in [0.3, 0.4) is 0 Å². The van der Waals surface area contributed by atoms with Gasteiger partial charge in [-0.1, -0.05) is 42.5 Å². The number of rotatable bonds is 9. The van der Waals surface area contributed by atoms with Crippen LogP contribution in [0.1, 0.15) is 24.0 Å². The highest BCUT2D eigenvalue weighted by Crippen LogP contribution is 2.34. The van der Waals surface area contributed by atoms with Crippen molar-refractivity contribution in [1.29, 1.82) is 0 Å². The number of hydrogen-bond donors (Lipinski definition) is 0. The Labute approximate surface area is 192 Å². The quantitative estimate of drug-likeness (QED) is 0.532. The van der Waals surface area contributed by atoms with E-state index in [1.165, 1.54) is 28.1 Å². The zero-order valence-electron chi connectivity index (χ0n) is 19.5. The zero-order valence-corrected chi connectivity index (χ0v) is 19.5. The van der Waals surface area contributed by atoms with E-state index in [1.807, 2.05) is 6.07 Å². The molecule has 4 rings (SSSR count). The lowest BCUT2D eigenvalue weighted by atomic mass is 10.0. The summed E-state index contributed by atoms with van der Waals surface area (Å²) in [4.78, 5) is 4.95. The van der Waals surface area contributed by atoms with Crippen molar-refractivity contribution in [2.24, 2.45) is 0 Å². The molecule has 4 heteroatoms. The maximum absolute atomic E-state index is 5.44. The first-order chi connectivity index (χ1) is 15.7. The summed E-state index contributed by atoms with van der Waals surface area (Å²) in [7, 11) is 5.57. The van der Waals surface area contributed by atoms with Crippen LogP contribution in [-0.4, -0.2) is 45.8 Å². The third kappa shape index (κ3) is 5.08. The first kappa shape index (κ1) is 22.2. The van der Waals surface area contributed by atoms with Gasteiger partial charge in [0, 0.05) is 24.5 Å². The van der Waals surface area contributed by atoms with Crippen LogP contribution in [-0.2, 0) is 12.8 Å². The summed E-state index contributed by atoms with van der Waals surface area (Å²) in [6.45, 7) is 3.10. The van der Waals surface area contributed by atoms with Gasteiger partial charge in [0.15, 0.2) is 11.5 Å². The van der Waals surface area contributed by atoms with Crippen molar-refractivity contribution in [1.82, 2.24) is 4.90 Å². The summed E-state index contributed by atoms with van der Waals surface area (Å²) < 4.78 is 10.8. The zero-order chi connectivity index (χ0) is 22.3. The van der Waals surface area contributed by atoms with Crippen LogP contribution in [0.15, 0.2) is 78.0 Å². The van der Waals surface area contributed by atoms with Gasteiger partial charge < -0.3 is 19.3 Å². The molecule has 0 N–H and O–H groups in total. The molecule has 4 nitrogen and oxygen atoms in total. The summed E-state index contributed by atoms with van der Waals surface area (Å²) in [6, 6.07) is 15.0. The topological polar surface area (TPSA) is 24.9 Å². The summed E-state index contributed by atoms with van der Waals surface area (Å²) >= 11 is 0. The molecule has 1 heterocycles. The van der Waals surface area contributed by atoms with Gasteiger partial charge in [-0.2, -0.15) is 0 Å². The number of likely N-dealkylation sites (N-methyl/N-ethyl adjacent to an activating group) is 1. The smallest absolute Gasteiger partial charge is 0.160 e. The monoisotopic (exact) mass is 430 g/mol. The molecule has 0 amide bonds. The molecule has 0 spiro atoms. The lowest BCUT2D eigenvalue weighted by molar-refractivity contribution is 0.333. The Morgan fingerprint density at radius 3 is 2.66 bits per heavy atom. The third-order valence-electron chi connectivity index (χ3n) is 6.35. The second kappa shape index (κ2) is 10.6. The molecule has 0 radical (unpaired) electrons. The van der Waals surface area contributed by atoms with Crippen LogP contribution < -0.4 is 14.4 Å². The number of fused-ring (bicyclic) bond motifs is 2. The van der Waals surface area contributed by atoms with E-state index < -0.39 is 0 Å². The van der Waals surface area contributed by atoms with Crippen LogP contribution in [0.4, 0.5) is 5.69 Å². The summed E-state index contributed by atoms with van der Waals surface area (Å²) in [6.07, 6.45) is 13.3. The Balaban J connectivity index is 1.35. The van der Waals surface area contributed by atoms with Crippen molar-refractivity contribution in [3.8, 4) is 11.5 Å². The molecule has 0 unspecified atom stereocenters. The van der Waals surface area contributed by atoms with Crippen molar-refractivity contribution in [2.45, 2.75) is 25.7 Å². The molecule has 168 valence electrons. The molecular formula is C28H34N2O2. The Kier molecular flexibility index (Phi) is 7.33. The average molecular weight is 431 g/mol. The highest BCUT2D eigenvalue weighted by atomic mass is 16.5. The summed E-state index contributed by atoms with van der Waals surface area (Å²) in [5.41, 5.74) is 6.85. The number of ether oxygens (including phenoxy) is 2. The molecule has 0 bridgehead atoms. The molecule has 0 aromatic heterocycles. The molecule has 0 fully saturated rings. The van der Waals surface area contributed by atoms with Gasteiger partial charge in [-0.3, -0.25) is 0 Å². The first-order valence-corrected chi connectivity index (χ1v) is 11.5. The highest BCUT2D eigenvalue weighted by molar-refractivity contribution is 5.65. The SMILES string of the molecule is COc1ccc(CCN(C)CCCN2C3=CC=CCC3=CCc3ccccc32)cc1OC. The van der Waals surface area contributed by atoms with Gasteiger partial charge in [0.2, 0.25) is 0 Å². The second-order valence-electron chi connectivity index (χ2n) is 8.49.